The number of nitrogens with two attached hydrogens (primary N) is 1. The summed E-state index contributed by atoms with van der Waals surface area (Å²) in [6, 6.07) is 0. The molecule has 0 spiro atoms. The Balaban J connectivity index is 2.19. The molecule has 0 aromatic carbocycles. The van der Waals surface area contributed by atoms with Crippen LogP contribution < -0.4 is 5.73 Å². The minimum atomic E-state index is 0.353. The second-order valence-electron chi connectivity index (χ2n) is 2.84. The van der Waals surface area contributed by atoms with Gasteiger partial charge in [0.05, 0.1) is 0 Å². The van der Waals surface area contributed by atoms with E-state index in [4.69, 9.17) is 10.5 Å². The molecule has 2 heteroatoms. The maximum atomic E-state index is 5.31. The van der Waals surface area contributed by atoms with Gasteiger partial charge in [0.15, 0.2) is 5.88 Å². The molecular weight excluding hydrogens is 126 g/mol. The Labute approximate surface area is 62.1 Å². The Kier molecular flexibility index (Phi) is 2.60. The molecule has 1 aliphatic carbocycles. The van der Waals surface area contributed by atoms with Gasteiger partial charge in [-0.2, -0.15) is 0 Å². The topological polar surface area (TPSA) is 35.2 Å². The highest BCUT2D eigenvalue weighted by Gasteiger charge is 2.13. The van der Waals surface area contributed by atoms with Crippen molar-refractivity contribution in [1.29, 1.82) is 0 Å². The fourth-order valence-electron chi connectivity index (χ4n) is 1.40. The molecule has 0 amide bonds. The molecule has 0 aliphatic heterocycles. The maximum absolute atomic E-state index is 5.31. The van der Waals surface area contributed by atoms with Crippen LogP contribution in [-0.4, -0.2) is 6.10 Å². The van der Waals surface area contributed by atoms with Crippen LogP contribution >= 0.6 is 0 Å². The van der Waals surface area contributed by atoms with Crippen molar-refractivity contribution in [2.75, 3.05) is 0 Å². The van der Waals surface area contributed by atoms with Gasteiger partial charge in [-0.25, -0.2) is 0 Å². The van der Waals surface area contributed by atoms with Gasteiger partial charge in [0.1, 0.15) is 6.10 Å². The summed E-state index contributed by atoms with van der Waals surface area (Å²) >= 11 is 0. The number of hydrogen-bond donors (Lipinski definition) is 1. The van der Waals surface area contributed by atoms with E-state index in [0.29, 0.717) is 12.0 Å². The summed E-state index contributed by atoms with van der Waals surface area (Å²) < 4.78 is 5.27. The van der Waals surface area contributed by atoms with Crippen LogP contribution in [0.5, 0.6) is 0 Å². The van der Waals surface area contributed by atoms with Gasteiger partial charge < -0.3 is 10.5 Å². The van der Waals surface area contributed by atoms with E-state index in [1.54, 1.807) is 0 Å². The third-order valence-electron chi connectivity index (χ3n) is 1.87. The first-order valence-corrected chi connectivity index (χ1v) is 3.90. The molecule has 10 heavy (non-hydrogen) atoms. The lowest BCUT2D eigenvalue weighted by Crippen LogP contribution is -2.18. The van der Waals surface area contributed by atoms with Crippen molar-refractivity contribution in [1.82, 2.24) is 0 Å². The van der Waals surface area contributed by atoms with E-state index in [1.807, 2.05) is 0 Å². The van der Waals surface area contributed by atoms with E-state index in [1.165, 1.54) is 19.3 Å². The average molecular weight is 141 g/mol. The molecule has 0 radical (unpaired) electrons. The fraction of sp³-hybridized carbons (Fsp3) is 0.750. The van der Waals surface area contributed by atoms with Crippen molar-refractivity contribution in [3.8, 4) is 0 Å². The molecule has 58 valence electrons. The van der Waals surface area contributed by atoms with Gasteiger partial charge in [-0.15, -0.1) is 0 Å². The van der Waals surface area contributed by atoms with Crippen LogP contribution in [0, 0.1) is 0 Å². The largest absolute Gasteiger partial charge is 0.477 e. The van der Waals surface area contributed by atoms with Gasteiger partial charge in [-0.3, -0.25) is 0 Å². The Bertz CT molecular complexity index is 116. The van der Waals surface area contributed by atoms with Gasteiger partial charge in [-0.1, -0.05) is 6.42 Å². The summed E-state index contributed by atoms with van der Waals surface area (Å²) in [5.41, 5.74) is 5.31. The molecule has 0 unspecified atom stereocenters. The smallest absolute Gasteiger partial charge is 0.176 e. The van der Waals surface area contributed by atoms with Gasteiger partial charge >= 0.3 is 0 Å². The fourth-order valence-corrected chi connectivity index (χ4v) is 1.40. The third-order valence-corrected chi connectivity index (χ3v) is 1.87. The van der Waals surface area contributed by atoms with Crippen LogP contribution in [0.1, 0.15) is 32.1 Å². The molecule has 0 saturated heterocycles. The van der Waals surface area contributed by atoms with Gasteiger partial charge in [-0.05, 0) is 32.3 Å². The standard InChI is InChI=1S/C8H15NO/c1-7(9)10-8-5-3-2-4-6-8/h8H,1-6,9H2. The lowest BCUT2D eigenvalue weighted by atomic mass is 9.98. The molecule has 0 aromatic rings. The van der Waals surface area contributed by atoms with E-state index in [-0.39, 0.29) is 0 Å². The van der Waals surface area contributed by atoms with Crippen molar-refractivity contribution in [2.24, 2.45) is 5.73 Å². The Morgan fingerprint density at radius 3 is 2.40 bits per heavy atom. The Morgan fingerprint density at radius 2 is 1.90 bits per heavy atom. The molecule has 1 rings (SSSR count). The minimum Gasteiger partial charge on any atom is -0.477 e. The van der Waals surface area contributed by atoms with Gasteiger partial charge in [0.2, 0.25) is 0 Å². The van der Waals surface area contributed by atoms with Crippen LogP contribution in [0.2, 0.25) is 0 Å². The molecule has 0 bridgehead atoms. The second kappa shape index (κ2) is 3.49. The van der Waals surface area contributed by atoms with Crippen LogP contribution in [0.4, 0.5) is 0 Å². The van der Waals surface area contributed by atoms with Crippen LogP contribution in [0.3, 0.4) is 0 Å². The summed E-state index contributed by atoms with van der Waals surface area (Å²) in [6.07, 6.45) is 6.55. The number of hydrogen-bond acceptors (Lipinski definition) is 2. The SMILES string of the molecule is C=C(N)OC1CCCCC1. The lowest BCUT2D eigenvalue weighted by molar-refractivity contribution is 0.0818. The monoisotopic (exact) mass is 141 g/mol. The molecule has 0 atom stereocenters. The normalized spacial score (nSPS) is 20.4. The quantitative estimate of drug-likeness (QED) is 0.595. The third kappa shape index (κ3) is 2.29. The Hall–Kier alpha value is -0.660. The molecule has 0 aromatic heterocycles. The summed E-state index contributed by atoms with van der Waals surface area (Å²) in [5.74, 6) is 0.368. The summed E-state index contributed by atoms with van der Waals surface area (Å²) in [5, 5.41) is 0. The zero-order valence-electron chi connectivity index (χ0n) is 6.31. The van der Waals surface area contributed by atoms with Crippen molar-refractivity contribution < 1.29 is 4.74 Å². The highest BCUT2D eigenvalue weighted by atomic mass is 16.5. The first-order chi connectivity index (χ1) is 4.79. The van der Waals surface area contributed by atoms with Gasteiger partial charge in [0, 0.05) is 0 Å². The van der Waals surface area contributed by atoms with E-state index >= 15 is 0 Å². The number of ether oxygens (including phenoxy) is 1. The highest BCUT2D eigenvalue weighted by molar-refractivity contribution is 4.76. The zero-order chi connectivity index (χ0) is 7.40. The molecule has 2 N–H and O–H groups in total. The zero-order valence-corrected chi connectivity index (χ0v) is 6.31. The van der Waals surface area contributed by atoms with Crippen molar-refractivity contribution in [3.05, 3.63) is 12.5 Å². The molecule has 1 saturated carbocycles. The predicted octanol–water partition coefficient (Wildman–Crippen LogP) is 1.77. The number of rotatable bonds is 2. The summed E-state index contributed by atoms with van der Waals surface area (Å²) in [6.45, 7) is 3.50. The van der Waals surface area contributed by atoms with Crippen LogP contribution in [0.25, 0.3) is 0 Å². The van der Waals surface area contributed by atoms with Crippen LogP contribution in [0.15, 0.2) is 12.5 Å². The lowest BCUT2D eigenvalue weighted by Gasteiger charge is -2.22. The van der Waals surface area contributed by atoms with E-state index in [2.05, 4.69) is 6.58 Å². The molecular formula is C8H15NO. The Morgan fingerprint density at radius 1 is 1.30 bits per heavy atom. The summed E-state index contributed by atoms with van der Waals surface area (Å²) in [4.78, 5) is 0. The molecule has 2 nitrogen and oxygen atoms in total. The van der Waals surface area contributed by atoms with E-state index in [9.17, 15) is 0 Å². The maximum Gasteiger partial charge on any atom is 0.176 e. The second-order valence-corrected chi connectivity index (χ2v) is 2.84. The highest BCUT2D eigenvalue weighted by Crippen LogP contribution is 2.20. The average Bonchev–Trinajstić information content (AvgIpc) is 1.88. The van der Waals surface area contributed by atoms with Gasteiger partial charge in [0.25, 0.3) is 0 Å². The van der Waals surface area contributed by atoms with Crippen LogP contribution in [-0.2, 0) is 4.74 Å². The first-order valence-electron chi connectivity index (χ1n) is 3.90. The molecule has 1 fully saturated rings. The van der Waals surface area contributed by atoms with Crippen molar-refractivity contribution >= 4 is 0 Å². The van der Waals surface area contributed by atoms with E-state index < -0.39 is 0 Å². The first kappa shape index (κ1) is 7.45. The molecule has 0 heterocycles. The van der Waals surface area contributed by atoms with Crippen molar-refractivity contribution in [3.63, 3.8) is 0 Å². The van der Waals surface area contributed by atoms with E-state index in [0.717, 1.165) is 12.8 Å². The van der Waals surface area contributed by atoms with Crippen molar-refractivity contribution in [2.45, 2.75) is 38.2 Å². The predicted molar refractivity (Wildman–Crippen MR) is 41.3 cm³/mol. The minimum absolute atomic E-state index is 0.353. The summed E-state index contributed by atoms with van der Waals surface area (Å²) in [7, 11) is 0. The molecule has 1 aliphatic rings.